The Kier molecular flexibility index (Phi) is 4.30. The first-order valence-corrected chi connectivity index (χ1v) is 8.04. The zero-order chi connectivity index (χ0) is 15.9. The molecule has 0 spiro atoms. The quantitative estimate of drug-likeness (QED) is 0.835. The lowest BCUT2D eigenvalue weighted by Gasteiger charge is -2.21. The molecule has 2 heterocycles. The molecule has 2 aliphatic rings. The van der Waals surface area contributed by atoms with Crippen molar-refractivity contribution in [1.29, 1.82) is 0 Å². The lowest BCUT2D eigenvalue weighted by atomic mass is 10.1. The second-order valence-corrected chi connectivity index (χ2v) is 6.60. The smallest absolute Gasteiger partial charge is 0.239 e. The maximum absolute atomic E-state index is 12.6. The zero-order valence-electron chi connectivity index (χ0n) is 12.0. The highest BCUT2D eigenvalue weighted by Gasteiger charge is 2.41. The van der Waals surface area contributed by atoms with E-state index in [0.717, 1.165) is 6.42 Å². The molecule has 0 aromatic heterocycles. The van der Waals surface area contributed by atoms with E-state index in [-0.39, 0.29) is 17.9 Å². The Bertz CT molecular complexity index is 623. The molecule has 2 N–H and O–H groups in total. The van der Waals surface area contributed by atoms with Gasteiger partial charge in [0.15, 0.2) is 0 Å². The number of likely N-dealkylation sites (tertiary alicyclic amines) is 1. The van der Waals surface area contributed by atoms with E-state index in [4.69, 9.17) is 28.9 Å². The number of carbonyl (C=O) groups is 2. The minimum absolute atomic E-state index is 0.0129. The minimum atomic E-state index is -0.639. The molecule has 22 heavy (non-hydrogen) atoms. The van der Waals surface area contributed by atoms with Crippen LogP contribution in [0.1, 0.15) is 12.8 Å². The summed E-state index contributed by atoms with van der Waals surface area (Å²) in [7, 11) is 0. The van der Waals surface area contributed by atoms with Gasteiger partial charge in [-0.1, -0.05) is 23.2 Å². The van der Waals surface area contributed by atoms with Crippen LogP contribution in [0.2, 0.25) is 10.0 Å². The summed E-state index contributed by atoms with van der Waals surface area (Å²) in [6.45, 7) is 1.62. The largest absolute Gasteiger partial charge is 0.340 e. The van der Waals surface area contributed by atoms with Crippen molar-refractivity contribution in [3.63, 3.8) is 0 Å². The second-order valence-electron chi connectivity index (χ2n) is 5.76. The number of rotatable bonds is 2. The normalized spacial score (nSPS) is 25.1. The number of halogens is 2. The summed E-state index contributed by atoms with van der Waals surface area (Å²) in [5.41, 5.74) is 6.39. The molecule has 1 aromatic carbocycles. The van der Waals surface area contributed by atoms with Crippen molar-refractivity contribution in [1.82, 2.24) is 4.90 Å². The fourth-order valence-corrected chi connectivity index (χ4v) is 3.43. The van der Waals surface area contributed by atoms with Gasteiger partial charge in [0.25, 0.3) is 0 Å². The van der Waals surface area contributed by atoms with Crippen LogP contribution in [0.15, 0.2) is 18.2 Å². The highest BCUT2D eigenvalue weighted by molar-refractivity contribution is 6.36. The van der Waals surface area contributed by atoms with Gasteiger partial charge < -0.3 is 15.5 Å². The topological polar surface area (TPSA) is 66.6 Å². The molecule has 2 saturated heterocycles. The molecule has 2 aliphatic heterocycles. The third-order valence-electron chi connectivity index (χ3n) is 4.24. The molecule has 0 unspecified atom stereocenters. The predicted molar refractivity (Wildman–Crippen MR) is 86.1 cm³/mol. The molecular weight excluding hydrogens is 325 g/mol. The van der Waals surface area contributed by atoms with Gasteiger partial charge in [0.1, 0.15) is 5.92 Å². The van der Waals surface area contributed by atoms with Crippen molar-refractivity contribution in [3.05, 3.63) is 28.2 Å². The predicted octanol–water partition coefficient (Wildman–Crippen LogP) is 1.91. The Labute approximate surface area is 138 Å². The van der Waals surface area contributed by atoms with E-state index >= 15 is 0 Å². The van der Waals surface area contributed by atoms with E-state index in [9.17, 15) is 9.59 Å². The standard InChI is InChI=1S/C15H17Cl2N3O2/c16-9-1-2-12(17)13(7-9)20-6-4-11(15(20)22)14(21)19-5-3-10(18)8-19/h1-2,7,10-11H,3-6,8,18H2/t10-,11-/m1/s1. The van der Waals surface area contributed by atoms with Crippen LogP contribution in [-0.2, 0) is 9.59 Å². The molecule has 0 radical (unpaired) electrons. The number of benzene rings is 1. The van der Waals surface area contributed by atoms with Crippen molar-refractivity contribution in [2.24, 2.45) is 11.7 Å². The molecule has 0 saturated carbocycles. The lowest BCUT2D eigenvalue weighted by Crippen LogP contribution is -2.40. The number of anilines is 1. The number of hydrogen-bond donors (Lipinski definition) is 1. The summed E-state index contributed by atoms with van der Waals surface area (Å²) in [5.74, 6) is -0.978. The van der Waals surface area contributed by atoms with E-state index in [2.05, 4.69) is 0 Å². The van der Waals surface area contributed by atoms with Gasteiger partial charge in [-0.2, -0.15) is 0 Å². The number of amides is 2. The maximum atomic E-state index is 12.6. The van der Waals surface area contributed by atoms with Crippen molar-refractivity contribution in [2.75, 3.05) is 24.5 Å². The number of hydrogen-bond acceptors (Lipinski definition) is 3. The summed E-state index contributed by atoms with van der Waals surface area (Å²) in [5, 5.41) is 0.960. The van der Waals surface area contributed by atoms with Crippen molar-refractivity contribution in [3.8, 4) is 0 Å². The third kappa shape index (κ3) is 2.81. The molecule has 118 valence electrons. The van der Waals surface area contributed by atoms with Gasteiger partial charge >= 0.3 is 0 Å². The van der Waals surface area contributed by atoms with Gasteiger partial charge in [-0.15, -0.1) is 0 Å². The monoisotopic (exact) mass is 341 g/mol. The van der Waals surface area contributed by atoms with E-state index in [1.807, 2.05) is 0 Å². The van der Waals surface area contributed by atoms with Crippen molar-refractivity contribution < 1.29 is 9.59 Å². The minimum Gasteiger partial charge on any atom is -0.340 e. The van der Waals surface area contributed by atoms with Crippen LogP contribution < -0.4 is 10.6 Å². The van der Waals surface area contributed by atoms with Gasteiger partial charge in [-0.05, 0) is 31.0 Å². The maximum Gasteiger partial charge on any atom is 0.239 e. The zero-order valence-corrected chi connectivity index (χ0v) is 13.5. The molecule has 2 amide bonds. The lowest BCUT2D eigenvalue weighted by molar-refractivity contribution is -0.139. The Morgan fingerprint density at radius 3 is 2.68 bits per heavy atom. The van der Waals surface area contributed by atoms with Crippen LogP contribution in [0.25, 0.3) is 0 Å². The van der Waals surface area contributed by atoms with Gasteiger partial charge in [-0.25, -0.2) is 0 Å². The first-order valence-electron chi connectivity index (χ1n) is 7.28. The summed E-state index contributed by atoms with van der Waals surface area (Å²) in [6, 6.07) is 4.99. The van der Waals surface area contributed by atoms with Crippen molar-refractivity contribution >= 4 is 40.7 Å². The van der Waals surface area contributed by atoms with E-state index in [1.165, 1.54) is 0 Å². The molecule has 0 aliphatic carbocycles. The molecule has 3 rings (SSSR count). The Balaban J connectivity index is 1.77. The summed E-state index contributed by atoms with van der Waals surface area (Å²) in [4.78, 5) is 28.3. The van der Waals surface area contributed by atoms with E-state index < -0.39 is 5.92 Å². The third-order valence-corrected chi connectivity index (χ3v) is 4.79. The Morgan fingerprint density at radius 1 is 1.23 bits per heavy atom. The van der Waals surface area contributed by atoms with Gasteiger partial charge in [-0.3, -0.25) is 9.59 Å². The highest BCUT2D eigenvalue weighted by atomic mass is 35.5. The van der Waals surface area contributed by atoms with Gasteiger partial charge in [0.05, 0.1) is 10.7 Å². The van der Waals surface area contributed by atoms with Crippen LogP contribution in [0, 0.1) is 5.92 Å². The first-order chi connectivity index (χ1) is 10.5. The molecule has 2 fully saturated rings. The fraction of sp³-hybridized carbons (Fsp3) is 0.467. The average Bonchev–Trinajstić information content (AvgIpc) is 3.07. The van der Waals surface area contributed by atoms with Gasteiger partial charge in [0.2, 0.25) is 11.8 Å². The molecule has 7 heteroatoms. The van der Waals surface area contributed by atoms with Crippen LogP contribution in [0.5, 0.6) is 0 Å². The van der Waals surface area contributed by atoms with Crippen LogP contribution in [0.3, 0.4) is 0 Å². The van der Waals surface area contributed by atoms with E-state index in [1.54, 1.807) is 28.0 Å². The number of carbonyl (C=O) groups excluding carboxylic acids is 2. The van der Waals surface area contributed by atoms with E-state index in [0.29, 0.717) is 41.8 Å². The Hall–Kier alpha value is -1.30. The SMILES string of the molecule is N[C@@H]1CCN(C(=O)[C@H]2CCN(c3cc(Cl)ccc3Cl)C2=O)C1. The highest BCUT2D eigenvalue weighted by Crippen LogP contribution is 2.34. The van der Waals surface area contributed by atoms with Crippen molar-refractivity contribution in [2.45, 2.75) is 18.9 Å². The van der Waals surface area contributed by atoms with Gasteiger partial charge in [0, 0.05) is 30.7 Å². The second kappa shape index (κ2) is 6.07. The molecule has 5 nitrogen and oxygen atoms in total. The Morgan fingerprint density at radius 2 is 2.00 bits per heavy atom. The number of nitrogens with zero attached hydrogens (tertiary/aromatic N) is 2. The summed E-state index contributed by atoms with van der Waals surface area (Å²) in [6.07, 6.45) is 1.28. The van der Waals surface area contributed by atoms with Crippen LogP contribution >= 0.6 is 23.2 Å². The molecule has 0 bridgehead atoms. The summed E-state index contributed by atoms with van der Waals surface area (Å²) >= 11 is 12.1. The number of nitrogens with two attached hydrogens (primary N) is 1. The molecule has 1 aromatic rings. The molecular formula is C15H17Cl2N3O2. The van der Waals surface area contributed by atoms with Crippen LogP contribution in [0.4, 0.5) is 5.69 Å². The molecule has 2 atom stereocenters. The average molecular weight is 342 g/mol. The summed E-state index contributed by atoms with van der Waals surface area (Å²) < 4.78 is 0. The first kappa shape index (κ1) is 15.6. The van der Waals surface area contributed by atoms with Crippen LogP contribution in [-0.4, -0.2) is 42.4 Å². The fourth-order valence-electron chi connectivity index (χ4n) is 3.05.